The standard InChI is InChI=1S/C15H17N5/c1-10-6-8-11(9-7-10)14(19-20-15(17)18)12-4-2-3-5-13(12)16/h2-9H,16H2,1H3,(H4,17,18,20)/b19-14+. The number of para-hydroxylation sites is 1. The summed E-state index contributed by atoms with van der Waals surface area (Å²) in [6, 6.07) is 15.4. The van der Waals surface area contributed by atoms with Gasteiger partial charge in [-0.05, 0) is 13.0 Å². The van der Waals surface area contributed by atoms with Crippen molar-refractivity contribution in [3.8, 4) is 0 Å². The highest BCUT2D eigenvalue weighted by atomic mass is 15.3. The van der Waals surface area contributed by atoms with Gasteiger partial charge in [-0.25, -0.2) is 0 Å². The minimum absolute atomic E-state index is 0.0934. The monoisotopic (exact) mass is 267 g/mol. The molecule has 6 N–H and O–H groups in total. The predicted molar refractivity (Wildman–Crippen MR) is 83.5 cm³/mol. The number of nitrogen functional groups attached to an aromatic ring is 1. The SMILES string of the molecule is Cc1ccc(/C(=N\N=C(N)N)c2ccccc2N)cc1. The molecule has 2 rings (SSSR count). The highest BCUT2D eigenvalue weighted by Crippen LogP contribution is 2.18. The Kier molecular flexibility index (Phi) is 4.00. The largest absolute Gasteiger partial charge is 0.398 e. The molecule has 0 atom stereocenters. The van der Waals surface area contributed by atoms with Crippen molar-refractivity contribution in [2.75, 3.05) is 5.73 Å². The first-order valence-corrected chi connectivity index (χ1v) is 6.16. The van der Waals surface area contributed by atoms with E-state index in [9.17, 15) is 0 Å². The van der Waals surface area contributed by atoms with Crippen LogP contribution in [0.25, 0.3) is 0 Å². The molecule has 0 unspecified atom stereocenters. The summed E-state index contributed by atoms with van der Waals surface area (Å²) in [4.78, 5) is 0. The van der Waals surface area contributed by atoms with Gasteiger partial charge in [-0.3, -0.25) is 0 Å². The zero-order valence-electron chi connectivity index (χ0n) is 11.2. The number of nitrogens with zero attached hydrogens (tertiary/aromatic N) is 2. The fourth-order valence-corrected chi connectivity index (χ4v) is 1.80. The molecular weight excluding hydrogens is 250 g/mol. The molecule has 0 aliphatic heterocycles. The zero-order valence-corrected chi connectivity index (χ0v) is 11.2. The lowest BCUT2D eigenvalue weighted by Gasteiger charge is -2.08. The number of hydrogen-bond donors (Lipinski definition) is 3. The van der Waals surface area contributed by atoms with Crippen LogP contribution < -0.4 is 17.2 Å². The van der Waals surface area contributed by atoms with Crippen LogP contribution in [0, 0.1) is 6.92 Å². The smallest absolute Gasteiger partial charge is 0.211 e. The molecule has 0 saturated carbocycles. The van der Waals surface area contributed by atoms with Crippen LogP contribution in [0.1, 0.15) is 16.7 Å². The average molecular weight is 267 g/mol. The molecule has 0 aromatic heterocycles. The van der Waals surface area contributed by atoms with Crippen molar-refractivity contribution in [3.63, 3.8) is 0 Å². The second-order valence-corrected chi connectivity index (χ2v) is 4.43. The maximum atomic E-state index is 6.00. The van der Waals surface area contributed by atoms with Crippen LogP contribution >= 0.6 is 0 Å². The predicted octanol–water partition coefficient (Wildman–Crippen LogP) is 1.60. The first-order valence-electron chi connectivity index (χ1n) is 6.16. The van der Waals surface area contributed by atoms with Crippen LogP contribution in [0.5, 0.6) is 0 Å². The van der Waals surface area contributed by atoms with E-state index in [-0.39, 0.29) is 5.96 Å². The van der Waals surface area contributed by atoms with Crippen molar-refractivity contribution in [2.45, 2.75) is 6.92 Å². The third-order valence-corrected chi connectivity index (χ3v) is 2.81. The first-order chi connectivity index (χ1) is 9.58. The summed E-state index contributed by atoms with van der Waals surface area (Å²) in [5.41, 5.74) is 20.8. The summed E-state index contributed by atoms with van der Waals surface area (Å²) in [6.45, 7) is 2.02. The van der Waals surface area contributed by atoms with Crippen LogP contribution in [-0.4, -0.2) is 11.7 Å². The molecule has 2 aromatic rings. The highest BCUT2D eigenvalue weighted by molar-refractivity contribution is 6.15. The van der Waals surface area contributed by atoms with E-state index in [4.69, 9.17) is 17.2 Å². The van der Waals surface area contributed by atoms with E-state index in [0.29, 0.717) is 11.4 Å². The quantitative estimate of drug-likeness (QED) is 0.340. The highest BCUT2D eigenvalue weighted by Gasteiger charge is 2.10. The number of guanidine groups is 1. The second kappa shape index (κ2) is 5.88. The summed E-state index contributed by atoms with van der Waals surface area (Å²) in [5, 5.41) is 7.87. The topological polar surface area (TPSA) is 103 Å². The number of aryl methyl sites for hydroxylation is 1. The van der Waals surface area contributed by atoms with E-state index in [2.05, 4.69) is 10.2 Å². The van der Waals surface area contributed by atoms with Gasteiger partial charge in [0.1, 0.15) is 5.71 Å². The van der Waals surface area contributed by atoms with Crippen LogP contribution in [0.2, 0.25) is 0 Å². The van der Waals surface area contributed by atoms with Gasteiger partial charge in [0.25, 0.3) is 0 Å². The Morgan fingerprint density at radius 3 is 2.15 bits per heavy atom. The molecule has 0 radical (unpaired) electrons. The molecular formula is C15H17N5. The lowest BCUT2D eigenvalue weighted by atomic mass is 10.00. The second-order valence-electron chi connectivity index (χ2n) is 4.43. The van der Waals surface area contributed by atoms with Gasteiger partial charge in [0, 0.05) is 16.8 Å². The van der Waals surface area contributed by atoms with Crippen molar-refractivity contribution in [1.29, 1.82) is 0 Å². The van der Waals surface area contributed by atoms with Crippen LogP contribution in [0.3, 0.4) is 0 Å². The molecule has 5 nitrogen and oxygen atoms in total. The Labute approximate surface area is 117 Å². The number of anilines is 1. The lowest BCUT2D eigenvalue weighted by Crippen LogP contribution is -2.22. The van der Waals surface area contributed by atoms with Crippen molar-refractivity contribution < 1.29 is 0 Å². The van der Waals surface area contributed by atoms with Crippen LogP contribution in [0.4, 0.5) is 5.69 Å². The van der Waals surface area contributed by atoms with Gasteiger partial charge in [0.15, 0.2) is 0 Å². The van der Waals surface area contributed by atoms with Crippen molar-refractivity contribution in [1.82, 2.24) is 0 Å². The Bertz CT molecular complexity index is 652. The summed E-state index contributed by atoms with van der Waals surface area (Å²) < 4.78 is 0. The number of hydrogen-bond acceptors (Lipinski definition) is 3. The molecule has 0 aliphatic rings. The Morgan fingerprint density at radius 1 is 0.900 bits per heavy atom. The molecule has 0 spiro atoms. The van der Waals surface area contributed by atoms with E-state index < -0.39 is 0 Å². The number of benzene rings is 2. The van der Waals surface area contributed by atoms with Gasteiger partial charge in [-0.15, -0.1) is 10.2 Å². The third-order valence-electron chi connectivity index (χ3n) is 2.81. The van der Waals surface area contributed by atoms with Crippen LogP contribution in [0.15, 0.2) is 58.7 Å². The van der Waals surface area contributed by atoms with E-state index in [0.717, 1.165) is 16.7 Å². The van der Waals surface area contributed by atoms with Gasteiger partial charge in [-0.2, -0.15) is 0 Å². The first kappa shape index (κ1) is 13.6. The molecule has 0 fully saturated rings. The van der Waals surface area contributed by atoms with Crippen LogP contribution in [-0.2, 0) is 0 Å². The van der Waals surface area contributed by atoms with Gasteiger partial charge in [-0.1, -0.05) is 48.0 Å². The zero-order chi connectivity index (χ0) is 14.5. The fourth-order valence-electron chi connectivity index (χ4n) is 1.80. The van der Waals surface area contributed by atoms with E-state index in [1.54, 1.807) is 0 Å². The summed E-state index contributed by atoms with van der Waals surface area (Å²) >= 11 is 0. The average Bonchev–Trinajstić information content (AvgIpc) is 2.42. The number of nitrogens with two attached hydrogens (primary N) is 3. The van der Waals surface area contributed by atoms with Crippen molar-refractivity contribution in [3.05, 3.63) is 65.2 Å². The minimum atomic E-state index is -0.0934. The van der Waals surface area contributed by atoms with Crippen molar-refractivity contribution in [2.24, 2.45) is 21.7 Å². The van der Waals surface area contributed by atoms with E-state index >= 15 is 0 Å². The van der Waals surface area contributed by atoms with E-state index in [1.807, 2.05) is 55.5 Å². The molecule has 5 heteroatoms. The Balaban J connectivity index is 2.57. The van der Waals surface area contributed by atoms with Gasteiger partial charge in [0.05, 0.1) is 0 Å². The molecule has 2 aromatic carbocycles. The fraction of sp³-hybridized carbons (Fsp3) is 0.0667. The van der Waals surface area contributed by atoms with Gasteiger partial charge >= 0.3 is 0 Å². The summed E-state index contributed by atoms with van der Waals surface area (Å²) in [7, 11) is 0. The number of rotatable bonds is 3. The summed E-state index contributed by atoms with van der Waals surface area (Å²) in [5.74, 6) is -0.0934. The molecule has 0 heterocycles. The molecule has 0 bridgehead atoms. The van der Waals surface area contributed by atoms with Gasteiger partial charge < -0.3 is 17.2 Å². The van der Waals surface area contributed by atoms with E-state index in [1.165, 1.54) is 0 Å². The third kappa shape index (κ3) is 3.14. The molecule has 0 saturated heterocycles. The molecule has 20 heavy (non-hydrogen) atoms. The lowest BCUT2D eigenvalue weighted by molar-refractivity contribution is 1.20. The molecule has 102 valence electrons. The Morgan fingerprint density at radius 2 is 1.55 bits per heavy atom. The normalized spacial score (nSPS) is 11.2. The molecule has 0 aliphatic carbocycles. The summed E-state index contributed by atoms with van der Waals surface area (Å²) in [6.07, 6.45) is 0. The maximum Gasteiger partial charge on any atom is 0.211 e. The Hall–Kier alpha value is -2.82. The maximum absolute atomic E-state index is 6.00. The van der Waals surface area contributed by atoms with Gasteiger partial charge in [0.2, 0.25) is 5.96 Å². The minimum Gasteiger partial charge on any atom is -0.398 e. The van der Waals surface area contributed by atoms with Crippen molar-refractivity contribution >= 4 is 17.4 Å². The molecule has 0 amide bonds.